The fourth-order valence-corrected chi connectivity index (χ4v) is 3.50. The van der Waals surface area contributed by atoms with E-state index in [1.807, 2.05) is 24.3 Å². The van der Waals surface area contributed by atoms with E-state index in [1.54, 1.807) is 6.92 Å². The third kappa shape index (κ3) is 6.16. The summed E-state index contributed by atoms with van der Waals surface area (Å²) in [6, 6.07) is 7.87. The van der Waals surface area contributed by atoms with Gasteiger partial charge < -0.3 is 15.2 Å². The highest BCUT2D eigenvalue weighted by atomic mass is 16.5. The lowest BCUT2D eigenvalue weighted by Crippen LogP contribution is -2.30. The summed E-state index contributed by atoms with van der Waals surface area (Å²) >= 11 is 0. The van der Waals surface area contributed by atoms with Gasteiger partial charge in [-0.3, -0.25) is 9.59 Å². The molecule has 1 fully saturated rings. The summed E-state index contributed by atoms with van der Waals surface area (Å²) in [5.74, 6) is 0.608. The van der Waals surface area contributed by atoms with Crippen molar-refractivity contribution in [2.75, 3.05) is 13.7 Å². The van der Waals surface area contributed by atoms with Crippen LogP contribution in [0.1, 0.15) is 56.3 Å². The molecule has 1 aromatic carbocycles. The van der Waals surface area contributed by atoms with Crippen molar-refractivity contribution in [3.63, 3.8) is 0 Å². The zero-order valence-corrected chi connectivity index (χ0v) is 15.2. The van der Waals surface area contributed by atoms with Gasteiger partial charge in [0.15, 0.2) is 0 Å². The molecule has 1 saturated carbocycles. The van der Waals surface area contributed by atoms with Crippen LogP contribution >= 0.6 is 0 Å². The van der Waals surface area contributed by atoms with Gasteiger partial charge in [-0.1, -0.05) is 24.3 Å². The van der Waals surface area contributed by atoms with Crippen LogP contribution in [0.3, 0.4) is 0 Å². The molecule has 0 saturated heterocycles. The lowest BCUT2D eigenvalue weighted by atomic mass is 9.77. The van der Waals surface area contributed by atoms with Gasteiger partial charge in [0.2, 0.25) is 5.91 Å². The Hall–Kier alpha value is -1.88. The van der Waals surface area contributed by atoms with Crippen molar-refractivity contribution in [1.29, 1.82) is 0 Å². The number of aliphatic hydroxyl groups is 1. The maximum Gasteiger partial charge on any atom is 0.305 e. The Morgan fingerprint density at radius 1 is 1.20 bits per heavy atom. The zero-order valence-electron chi connectivity index (χ0n) is 15.2. The number of carbonyl (C=O) groups is 2. The first-order valence-electron chi connectivity index (χ1n) is 9.07. The standard InChI is InChI=1S/C20H29NO4/c1-14(22)21-13-16-5-10-18(11-6-16)20(24)17-8-3-15(4-9-17)7-12-19(23)25-2/h3-4,8-9,16,18,20,24H,5-7,10-13H2,1-2H3,(H,21,22). The van der Waals surface area contributed by atoms with E-state index in [-0.39, 0.29) is 17.8 Å². The van der Waals surface area contributed by atoms with Crippen LogP contribution in [0.25, 0.3) is 0 Å². The number of rotatable bonds is 7. The molecule has 5 heteroatoms. The molecule has 0 aliphatic heterocycles. The molecule has 25 heavy (non-hydrogen) atoms. The molecular weight excluding hydrogens is 318 g/mol. The van der Waals surface area contributed by atoms with Gasteiger partial charge in [-0.15, -0.1) is 0 Å². The van der Waals surface area contributed by atoms with Gasteiger partial charge in [0.1, 0.15) is 0 Å². The lowest BCUT2D eigenvalue weighted by molar-refractivity contribution is -0.140. The van der Waals surface area contributed by atoms with Gasteiger partial charge >= 0.3 is 5.97 Å². The number of carbonyl (C=O) groups excluding carboxylic acids is 2. The molecule has 1 aliphatic carbocycles. The number of hydrogen-bond acceptors (Lipinski definition) is 4. The SMILES string of the molecule is COC(=O)CCc1ccc(C(O)C2CCC(CNC(C)=O)CC2)cc1. The highest BCUT2D eigenvalue weighted by Gasteiger charge is 2.27. The highest BCUT2D eigenvalue weighted by Crippen LogP contribution is 2.36. The maximum atomic E-state index is 11.2. The fraction of sp³-hybridized carbons (Fsp3) is 0.600. The van der Waals surface area contributed by atoms with Crippen LogP contribution in [0.2, 0.25) is 0 Å². The molecule has 0 radical (unpaired) electrons. The molecule has 1 aliphatic rings. The molecule has 0 spiro atoms. The second-order valence-corrected chi connectivity index (χ2v) is 6.98. The molecule has 2 N–H and O–H groups in total. The number of ether oxygens (including phenoxy) is 1. The number of esters is 1. The fourth-order valence-electron chi connectivity index (χ4n) is 3.50. The zero-order chi connectivity index (χ0) is 18.2. The van der Waals surface area contributed by atoms with Crippen LogP contribution in [0.4, 0.5) is 0 Å². The van der Waals surface area contributed by atoms with Gasteiger partial charge in [0, 0.05) is 19.9 Å². The first-order valence-corrected chi connectivity index (χ1v) is 9.07. The number of amides is 1. The maximum absolute atomic E-state index is 11.2. The third-order valence-corrected chi connectivity index (χ3v) is 5.14. The molecule has 138 valence electrons. The Labute approximate surface area is 149 Å². The number of benzene rings is 1. The van der Waals surface area contributed by atoms with Crippen molar-refractivity contribution < 1.29 is 19.4 Å². The molecule has 0 aromatic heterocycles. The van der Waals surface area contributed by atoms with E-state index >= 15 is 0 Å². The number of nitrogens with one attached hydrogen (secondary N) is 1. The number of methoxy groups -OCH3 is 1. The first kappa shape index (κ1) is 19.4. The Morgan fingerprint density at radius 2 is 1.84 bits per heavy atom. The number of aryl methyl sites for hydroxylation is 1. The minimum atomic E-state index is -0.448. The minimum absolute atomic E-state index is 0.0226. The van der Waals surface area contributed by atoms with Crippen LogP contribution in [-0.4, -0.2) is 30.6 Å². The number of aliphatic hydroxyl groups excluding tert-OH is 1. The van der Waals surface area contributed by atoms with E-state index in [2.05, 4.69) is 10.1 Å². The topological polar surface area (TPSA) is 75.6 Å². The monoisotopic (exact) mass is 347 g/mol. The Balaban J connectivity index is 1.81. The average molecular weight is 347 g/mol. The number of hydrogen-bond donors (Lipinski definition) is 2. The van der Waals surface area contributed by atoms with Gasteiger partial charge in [-0.2, -0.15) is 0 Å². The third-order valence-electron chi connectivity index (χ3n) is 5.14. The predicted molar refractivity (Wildman–Crippen MR) is 95.9 cm³/mol. The van der Waals surface area contributed by atoms with Crippen molar-refractivity contribution >= 4 is 11.9 Å². The summed E-state index contributed by atoms with van der Waals surface area (Å²) in [4.78, 5) is 22.2. The molecule has 0 heterocycles. The average Bonchev–Trinajstić information content (AvgIpc) is 2.64. The van der Waals surface area contributed by atoms with Crippen LogP contribution in [-0.2, 0) is 20.7 Å². The Morgan fingerprint density at radius 3 is 2.40 bits per heavy atom. The predicted octanol–water partition coefficient (Wildman–Crippen LogP) is 2.77. The summed E-state index contributed by atoms with van der Waals surface area (Å²) in [6.45, 7) is 2.29. The molecule has 0 bridgehead atoms. The largest absolute Gasteiger partial charge is 0.469 e. The first-order chi connectivity index (χ1) is 12.0. The molecule has 1 atom stereocenters. The second-order valence-electron chi connectivity index (χ2n) is 6.98. The normalized spacial score (nSPS) is 21.4. The summed E-state index contributed by atoms with van der Waals surface area (Å²) in [6.07, 6.45) is 4.62. The summed E-state index contributed by atoms with van der Waals surface area (Å²) in [5, 5.41) is 13.5. The van der Waals surface area contributed by atoms with E-state index < -0.39 is 6.10 Å². The quantitative estimate of drug-likeness (QED) is 0.744. The van der Waals surface area contributed by atoms with Crippen LogP contribution in [0.15, 0.2) is 24.3 Å². The molecular formula is C20H29NO4. The molecule has 1 unspecified atom stereocenters. The Kier molecular flexibility index (Phi) is 7.44. The van der Waals surface area contributed by atoms with E-state index in [4.69, 9.17) is 0 Å². The van der Waals surface area contributed by atoms with Crippen LogP contribution < -0.4 is 5.32 Å². The van der Waals surface area contributed by atoms with E-state index in [0.717, 1.165) is 43.4 Å². The van der Waals surface area contributed by atoms with Crippen molar-refractivity contribution in [2.24, 2.45) is 11.8 Å². The minimum Gasteiger partial charge on any atom is -0.469 e. The van der Waals surface area contributed by atoms with E-state index in [1.165, 1.54) is 7.11 Å². The summed E-state index contributed by atoms with van der Waals surface area (Å²) in [5.41, 5.74) is 2.01. The molecule has 5 nitrogen and oxygen atoms in total. The molecule has 2 rings (SSSR count). The van der Waals surface area contributed by atoms with Gasteiger partial charge in [0.05, 0.1) is 13.2 Å². The van der Waals surface area contributed by atoms with E-state index in [9.17, 15) is 14.7 Å². The summed E-state index contributed by atoms with van der Waals surface area (Å²) in [7, 11) is 1.40. The lowest BCUT2D eigenvalue weighted by Gasteiger charge is -2.31. The van der Waals surface area contributed by atoms with Crippen molar-refractivity contribution in [3.05, 3.63) is 35.4 Å². The van der Waals surface area contributed by atoms with Gasteiger partial charge in [-0.05, 0) is 55.1 Å². The summed E-state index contributed by atoms with van der Waals surface area (Å²) < 4.78 is 4.65. The second kappa shape index (κ2) is 9.56. The van der Waals surface area contributed by atoms with E-state index in [0.29, 0.717) is 18.8 Å². The molecule has 1 aromatic rings. The van der Waals surface area contributed by atoms with Gasteiger partial charge in [0.25, 0.3) is 0 Å². The Bertz CT molecular complexity index is 562. The highest BCUT2D eigenvalue weighted by molar-refractivity contribution is 5.72. The molecule has 1 amide bonds. The van der Waals surface area contributed by atoms with Crippen LogP contribution in [0.5, 0.6) is 0 Å². The van der Waals surface area contributed by atoms with Crippen molar-refractivity contribution in [3.8, 4) is 0 Å². The van der Waals surface area contributed by atoms with Crippen LogP contribution in [0, 0.1) is 11.8 Å². The van der Waals surface area contributed by atoms with Crippen molar-refractivity contribution in [1.82, 2.24) is 5.32 Å². The van der Waals surface area contributed by atoms with Gasteiger partial charge in [-0.25, -0.2) is 0 Å². The van der Waals surface area contributed by atoms with Crippen molar-refractivity contribution in [2.45, 2.75) is 51.6 Å². The smallest absolute Gasteiger partial charge is 0.305 e.